The highest BCUT2D eigenvalue weighted by Gasteiger charge is 2.02. The lowest BCUT2D eigenvalue weighted by molar-refractivity contribution is -0.173. The minimum atomic E-state index is -1.35. The van der Waals surface area contributed by atoms with Crippen molar-refractivity contribution in [2.24, 2.45) is 5.73 Å². The normalized spacial score (nSPS) is 17.3. The molecule has 0 saturated carbocycles. The second-order valence-corrected chi connectivity index (χ2v) is 1.41. The number of aliphatic hydroxyl groups excluding tert-OH is 2. The van der Waals surface area contributed by atoms with Gasteiger partial charge >= 0.3 is 0 Å². The Morgan fingerprint density at radius 3 is 2.44 bits per heavy atom. The Morgan fingerprint density at radius 1 is 1.56 bits per heavy atom. The van der Waals surface area contributed by atoms with Crippen LogP contribution in [0.15, 0.2) is 0 Å². The highest BCUT2D eigenvalue weighted by molar-refractivity contribution is 4.33. The summed E-state index contributed by atoms with van der Waals surface area (Å²) in [6.45, 7) is -0.131. The zero-order valence-corrected chi connectivity index (χ0v) is 5.15. The highest BCUT2D eigenvalue weighted by Crippen LogP contribution is 1.85. The molecule has 0 amide bonds. The first-order valence-electron chi connectivity index (χ1n) is 2.43. The van der Waals surface area contributed by atoms with Gasteiger partial charge in [-0.1, -0.05) is 0 Å². The van der Waals surface area contributed by atoms with Gasteiger partial charge in [-0.25, -0.2) is 0 Å². The Morgan fingerprint density at radius 2 is 2.11 bits per heavy atom. The maximum Gasteiger partial charge on any atom is 0.211 e. The summed E-state index contributed by atoms with van der Waals surface area (Å²) in [6.07, 6.45) is -2.38. The molecule has 0 heterocycles. The summed E-state index contributed by atoms with van der Waals surface area (Å²) in [7, 11) is 1.32. The summed E-state index contributed by atoms with van der Waals surface area (Å²) in [5.74, 6) is 0. The Bertz CT molecular complexity index is 67.6. The second kappa shape index (κ2) is 4.66. The zero-order valence-electron chi connectivity index (χ0n) is 5.15. The van der Waals surface area contributed by atoms with Crippen molar-refractivity contribution in [3.05, 3.63) is 0 Å². The van der Waals surface area contributed by atoms with E-state index in [9.17, 15) is 0 Å². The van der Waals surface area contributed by atoms with Crippen LogP contribution in [-0.4, -0.2) is 36.6 Å². The van der Waals surface area contributed by atoms with E-state index < -0.39 is 12.7 Å². The van der Waals surface area contributed by atoms with Gasteiger partial charge < -0.3 is 19.7 Å². The number of aliphatic hydroxyl groups is 2. The average molecular weight is 137 g/mol. The molecule has 2 atom stereocenters. The van der Waals surface area contributed by atoms with Crippen molar-refractivity contribution in [1.29, 1.82) is 0 Å². The molecule has 0 aliphatic heterocycles. The minimum Gasteiger partial charge on any atom is -0.366 e. The molecule has 0 aliphatic rings. The van der Waals surface area contributed by atoms with Crippen LogP contribution in [-0.2, 0) is 9.47 Å². The summed E-state index contributed by atoms with van der Waals surface area (Å²) < 4.78 is 8.72. The largest absolute Gasteiger partial charge is 0.366 e. The molecule has 0 radical (unpaired) electrons. The van der Waals surface area contributed by atoms with E-state index in [-0.39, 0.29) is 6.61 Å². The summed E-state index contributed by atoms with van der Waals surface area (Å²) >= 11 is 0. The van der Waals surface area contributed by atoms with E-state index in [4.69, 9.17) is 15.9 Å². The van der Waals surface area contributed by atoms with Crippen LogP contribution in [0.5, 0.6) is 0 Å². The van der Waals surface area contributed by atoms with E-state index in [1.54, 1.807) is 0 Å². The molecule has 0 aromatic carbocycles. The maximum absolute atomic E-state index is 8.59. The van der Waals surface area contributed by atoms with Crippen LogP contribution in [0.3, 0.4) is 0 Å². The summed E-state index contributed by atoms with van der Waals surface area (Å²) in [5, 5.41) is 16.9. The lowest BCUT2D eigenvalue weighted by Gasteiger charge is -2.09. The molecular formula is C4H11NO4. The third-order valence-electron chi connectivity index (χ3n) is 0.682. The van der Waals surface area contributed by atoms with Crippen molar-refractivity contribution < 1.29 is 19.7 Å². The van der Waals surface area contributed by atoms with Gasteiger partial charge in [0, 0.05) is 7.11 Å². The van der Waals surface area contributed by atoms with E-state index in [2.05, 4.69) is 9.47 Å². The zero-order chi connectivity index (χ0) is 7.28. The van der Waals surface area contributed by atoms with E-state index in [1.807, 2.05) is 0 Å². The van der Waals surface area contributed by atoms with Gasteiger partial charge in [-0.05, 0) is 0 Å². The Kier molecular flexibility index (Phi) is 4.55. The van der Waals surface area contributed by atoms with E-state index in [0.29, 0.717) is 0 Å². The molecule has 0 fully saturated rings. The predicted octanol–water partition coefficient (Wildman–Crippen LogP) is -1.80. The molecule has 0 spiro atoms. The van der Waals surface area contributed by atoms with Gasteiger partial charge in [-0.3, -0.25) is 5.73 Å². The minimum absolute atomic E-state index is 0.131. The highest BCUT2D eigenvalue weighted by atomic mass is 16.7. The number of ether oxygens (including phenoxy) is 2. The Labute approximate surface area is 53.0 Å². The van der Waals surface area contributed by atoms with Gasteiger partial charge in [0.25, 0.3) is 0 Å². The van der Waals surface area contributed by atoms with Gasteiger partial charge in [0.05, 0.1) is 0 Å². The number of hydrogen-bond donors (Lipinski definition) is 3. The fourth-order valence-electron chi connectivity index (χ4n) is 0.249. The van der Waals surface area contributed by atoms with Crippen LogP contribution in [0, 0.1) is 0 Å². The molecule has 4 N–H and O–H groups in total. The fraction of sp³-hybridized carbons (Fsp3) is 1.00. The van der Waals surface area contributed by atoms with Gasteiger partial charge in [0.2, 0.25) is 6.41 Å². The SMILES string of the molecule is COC(O)COC(N)O. The van der Waals surface area contributed by atoms with Crippen molar-refractivity contribution in [2.45, 2.75) is 12.7 Å². The summed E-state index contributed by atoms with van der Waals surface area (Å²) in [6, 6.07) is 0. The number of nitrogens with two attached hydrogens (primary N) is 1. The van der Waals surface area contributed by atoms with Crippen LogP contribution >= 0.6 is 0 Å². The average Bonchev–Trinajstić information content (AvgIpc) is 1.83. The van der Waals surface area contributed by atoms with Gasteiger partial charge in [-0.2, -0.15) is 0 Å². The first kappa shape index (κ1) is 8.80. The summed E-state index contributed by atoms with van der Waals surface area (Å²) in [4.78, 5) is 0. The lowest BCUT2D eigenvalue weighted by atomic mass is 10.7. The molecule has 9 heavy (non-hydrogen) atoms. The molecule has 0 aliphatic carbocycles. The first-order chi connectivity index (χ1) is 4.16. The van der Waals surface area contributed by atoms with Crippen LogP contribution in [0.2, 0.25) is 0 Å². The molecule has 0 rings (SSSR count). The predicted molar refractivity (Wildman–Crippen MR) is 29.2 cm³/mol. The van der Waals surface area contributed by atoms with Crippen molar-refractivity contribution in [2.75, 3.05) is 13.7 Å². The first-order valence-corrected chi connectivity index (χ1v) is 2.43. The van der Waals surface area contributed by atoms with Crippen LogP contribution < -0.4 is 5.73 Å². The Hall–Kier alpha value is -0.200. The molecular weight excluding hydrogens is 126 g/mol. The van der Waals surface area contributed by atoms with Crippen molar-refractivity contribution >= 4 is 0 Å². The molecule has 5 heteroatoms. The third-order valence-corrected chi connectivity index (χ3v) is 0.682. The van der Waals surface area contributed by atoms with Crippen molar-refractivity contribution in [3.63, 3.8) is 0 Å². The maximum atomic E-state index is 8.59. The second-order valence-electron chi connectivity index (χ2n) is 1.41. The molecule has 0 bridgehead atoms. The monoisotopic (exact) mass is 137 g/mol. The van der Waals surface area contributed by atoms with Gasteiger partial charge in [0.15, 0.2) is 6.29 Å². The van der Waals surface area contributed by atoms with Gasteiger partial charge in [-0.15, -0.1) is 0 Å². The molecule has 2 unspecified atom stereocenters. The lowest BCUT2D eigenvalue weighted by Crippen LogP contribution is -2.28. The number of hydrogen-bond acceptors (Lipinski definition) is 5. The number of rotatable bonds is 4. The number of methoxy groups -OCH3 is 1. The van der Waals surface area contributed by atoms with Crippen molar-refractivity contribution in [1.82, 2.24) is 0 Å². The Balaban J connectivity index is 3.06. The third kappa shape index (κ3) is 5.67. The van der Waals surface area contributed by atoms with Crippen LogP contribution in [0.4, 0.5) is 0 Å². The molecule has 5 nitrogen and oxygen atoms in total. The molecule has 0 aromatic heterocycles. The smallest absolute Gasteiger partial charge is 0.211 e. The quantitative estimate of drug-likeness (QED) is 0.398. The summed E-state index contributed by atoms with van der Waals surface area (Å²) in [5.41, 5.74) is 4.76. The van der Waals surface area contributed by atoms with Crippen LogP contribution in [0.1, 0.15) is 0 Å². The van der Waals surface area contributed by atoms with Gasteiger partial charge in [0.1, 0.15) is 6.61 Å². The van der Waals surface area contributed by atoms with E-state index in [0.717, 1.165) is 0 Å². The van der Waals surface area contributed by atoms with Crippen LogP contribution in [0.25, 0.3) is 0 Å². The standard InChI is InChI=1S/C4H11NO4/c1-8-3(6)2-9-4(5)7/h3-4,6-7H,2,5H2,1H3. The van der Waals surface area contributed by atoms with Crippen molar-refractivity contribution in [3.8, 4) is 0 Å². The topological polar surface area (TPSA) is 84.9 Å². The molecule has 0 saturated heterocycles. The molecule has 56 valence electrons. The van der Waals surface area contributed by atoms with E-state index in [1.165, 1.54) is 7.11 Å². The molecule has 0 aromatic rings. The fourth-order valence-corrected chi connectivity index (χ4v) is 0.249. The van der Waals surface area contributed by atoms with E-state index >= 15 is 0 Å².